The summed E-state index contributed by atoms with van der Waals surface area (Å²) in [5.41, 5.74) is 2.76. The summed E-state index contributed by atoms with van der Waals surface area (Å²) in [6, 6.07) is 26.1. The number of methoxy groups -OCH3 is 2. The molecule has 1 atom stereocenters. The van der Waals surface area contributed by atoms with E-state index in [2.05, 4.69) is 5.32 Å². The van der Waals surface area contributed by atoms with Crippen LogP contribution in [-0.4, -0.2) is 44.1 Å². The van der Waals surface area contributed by atoms with Crippen LogP contribution in [0.25, 0.3) is 0 Å². The molecule has 0 bridgehead atoms. The molecule has 0 aromatic heterocycles. The van der Waals surface area contributed by atoms with Gasteiger partial charge in [-0.15, -0.1) is 0 Å². The van der Waals surface area contributed by atoms with Crippen LogP contribution in [0.4, 0.5) is 0 Å². The third-order valence-electron chi connectivity index (χ3n) is 5.58. The zero-order valence-corrected chi connectivity index (χ0v) is 19.8. The number of carbonyl (C=O) groups excluding carboxylic acids is 2. The molecule has 3 rings (SSSR count). The highest BCUT2D eigenvalue weighted by Crippen LogP contribution is 2.26. The quantitative estimate of drug-likeness (QED) is 0.412. The molecule has 34 heavy (non-hydrogen) atoms. The molecule has 0 aliphatic heterocycles. The molecule has 178 valence electrons. The van der Waals surface area contributed by atoms with Crippen LogP contribution in [0.15, 0.2) is 84.9 Å². The lowest BCUT2D eigenvalue weighted by Gasteiger charge is -2.32. The lowest BCUT2D eigenvalue weighted by Crippen LogP contribution is -2.44. The summed E-state index contributed by atoms with van der Waals surface area (Å²) >= 11 is 0. The second-order valence-corrected chi connectivity index (χ2v) is 7.95. The molecular formula is C28H32N2O4. The van der Waals surface area contributed by atoms with Crippen molar-refractivity contribution in [2.75, 3.05) is 27.4 Å². The minimum atomic E-state index is -0.761. The van der Waals surface area contributed by atoms with Gasteiger partial charge >= 0.3 is 0 Å². The van der Waals surface area contributed by atoms with Crippen molar-refractivity contribution < 1.29 is 19.1 Å². The fourth-order valence-corrected chi connectivity index (χ4v) is 3.77. The van der Waals surface area contributed by atoms with Crippen LogP contribution in [0.1, 0.15) is 29.2 Å². The van der Waals surface area contributed by atoms with Gasteiger partial charge in [0, 0.05) is 26.6 Å². The van der Waals surface area contributed by atoms with Crippen molar-refractivity contribution in [3.8, 4) is 5.75 Å². The number of nitrogens with zero attached hydrogens (tertiary/aromatic N) is 1. The number of benzene rings is 3. The topological polar surface area (TPSA) is 67.9 Å². The third-order valence-corrected chi connectivity index (χ3v) is 5.58. The van der Waals surface area contributed by atoms with Gasteiger partial charge in [-0.1, -0.05) is 72.8 Å². The zero-order chi connectivity index (χ0) is 24.2. The van der Waals surface area contributed by atoms with Crippen LogP contribution in [0.5, 0.6) is 5.75 Å². The van der Waals surface area contributed by atoms with Crippen molar-refractivity contribution in [2.45, 2.75) is 25.4 Å². The Hall–Kier alpha value is -3.64. The Balaban J connectivity index is 1.90. The number of rotatable bonds is 12. The molecule has 3 aromatic rings. The van der Waals surface area contributed by atoms with Gasteiger partial charge in [0.2, 0.25) is 11.8 Å². The molecule has 1 N–H and O–H groups in total. The molecule has 3 aromatic carbocycles. The van der Waals surface area contributed by atoms with Crippen molar-refractivity contribution in [1.82, 2.24) is 10.2 Å². The first-order valence-electron chi connectivity index (χ1n) is 11.4. The van der Waals surface area contributed by atoms with Gasteiger partial charge in [-0.25, -0.2) is 0 Å². The van der Waals surface area contributed by atoms with Crippen molar-refractivity contribution in [1.29, 1.82) is 0 Å². The lowest BCUT2D eigenvalue weighted by atomic mass is 10.0. The maximum Gasteiger partial charge on any atom is 0.247 e. The van der Waals surface area contributed by atoms with Crippen LogP contribution in [-0.2, 0) is 27.3 Å². The van der Waals surface area contributed by atoms with Crippen molar-refractivity contribution >= 4 is 11.8 Å². The van der Waals surface area contributed by atoms with Crippen LogP contribution in [0.3, 0.4) is 0 Å². The van der Waals surface area contributed by atoms with Crippen molar-refractivity contribution in [3.63, 3.8) is 0 Å². The molecule has 2 amide bonds. The van der Waals surface area contributed by atoms with E-state index in [4.69, 9.17) is 9.47 Å². The molecule has 6 nitrogen and oxygen atoms in total. The molecule has 0 heterocycles. The summed E-state index contributed by atoms with van der Waals surface area (Å²) in [5, 5.41) is 2.92. The molecule has 0 unspecified atom stereocenters. The molecule has 0 spiro atoms. The Labute approximate surface area is 201 Å². The minimum absolute atomic E-state index is 0.0876. The van der Waals surface area contributed by atoms with E-state index in [-0.39, 0.29) is 11.8 Å². The van der Waals surface area contributed by atoms with Gasteiger partial charge < -0.3 is 19.7 Å². The summed E-state index contributed by atoms with van der Waals surface area (Å²) in [4.78, 5) is 28.6. The normalized spacial score (nSPS) is 11.5. The monoisotopic (exact) mass is 460 g/mol. The minimum Gasteiger partial charge on any atom is -0.497 e. The van der Waals surface area contributed by atoms with Gasteiger partial charge in [0.05, 0.1) is 13.7 Å². The molecular weight excluding hydrogens is 428 g/mol. The standard InChI is InChI=1S/C28H32N2O4/c1-33-20-19-29-28(32)27(24-11-7-4-8-12-24)30(21-23-13-16-25(34-2)17-14-23)26(31)18-15-22-9-5-3-6-10-22/h3-14,16-17,27H,15,18-21H2,1-2H3,(H,29,32)/t27-/m0/s1. The first-order valence-corrected chi connectivity index (χ1v) is 11.4. The Bertz CT molecular complexity index is 1020. The first kappa shape index (κ1) is 25.0. The van der Waals surface area contributed by atoms with E-state index in [1.54, 1.807) is 19.1 Å². The van der Waals surface area contributed by atoms with E-state index < -0.39 is 6.04 Å². The van der Waals surface area contributed by atoms with E-state index in [0.29, 0.717) is 32.5 Å². The van der Waals surface area contributed by atoms with Gasteiger partial charge in [0.1, 0.15) is 11.8 Å². The maximum atomic E-state index is 13.6. The molecule has 0 aliphatic rings. The fourth-order valence-electron chi connectivity index (χ4n) is 3.77. The Kier molecular flexibility index (Phi) is 9.67. The van der Waals surface area contributed by atoms with Crippen molar-refractivity contribution in [3.05, 3.63) is 102 Å². The summed E-state index contributed by atoms with van der Waals surface area (Å²) in [6.07, 6.45) is 0.903. The highest BCUT2D eigenvalue weighted by Gasteiger charge is 2.31. The SMILES string of the molecule is COCCNC(=O)[C@H](c1ccccc1)N(Cc1ccc(OC)cc1)C(=O)CCc1ccccc1. The lowest BCUT2D eigenvalue weighted by molar-refractivity contribution is -0.141. The molecule has 0 saturated carbocycles. The van der Waals surface area contributed by atoms with E-state index >= 15 is 0 Å². The van der Waals surface area contributed by atoms with E-state index in [9.17, 15) is 9.59 Å². The molecule has 0 saturated heterocycles. The number of nitrogens with one attached hydrogen (secondary N) is 1. The number of carbonyl (C=O) groups is 2. The van der Waals surface area contributed by atoms with Gasteiger partial charge in [-0.2, -0.15) is 0 Å². The number of ether oxygens (including phenoxy) is 2. The van der Waals surface area contributed by atoms with E-state index in [1.807, 2.05) is 84.9 Å². The number of aryl methyl sites for hydroxylation is 1. The maximum absolute atomic E-state index is 13.6. The van der Waals surface area contributed by atoms with Crippen LogP contribution < -0.4 is 10.1 Å². The molecule has 0 fully saturated rings. The Morgan fingerprint density at radius 1 is 0.853 bits per heavy atom. The van der Waals surface area contributed by atoms with Crippen LogP contribution in [0.2, 0.25) is 0 Å². The van der Waals surface area contributed by atoms with Gasteiger partial charge in [-0.05, 0) is 35.2 Å². The second-order valence-electron chi connectivity index (χ2n) is 7.95. The Morgan fingerprint density at radius 3 is 2.12 bits per heavy atom. The van der Waals surface area contributed by atoms with Crippen molar-refractivity contribution in [2.24, 2.45) is 0 Å². The van der Waals surface area contributed by atoms with E-state index in [0.717, 1.165) is 22.4 Å². The Morgan fingerprint density at radius 2 is 1.50 bits per heavy atom. The zero-order valence-electron chi connectivity index (χ0n) is 19.8. The summed E-state index contributed by atoms with van der Waals surface area (Å²) < 4.78 is 10.3. The van der Waals surface area contributed by atoms with Gasteiger partial charge in [0.25, 0.3) is 0 Å². The van der Waals surface area contributed by atoms with Gasteiger partial charge in [0.15, 0.2) is 0 Å². The highest BCUT2D eigenvalue weighted by molar-refractivity contribution is 5.88. The second kappa shape index (κ2) is 13.2. The largest absolute Gasteiger partial charge is 0.497 e. The van der Waals surface area contributed by atoms with Crippen LogP contribution in [0, 0.1) is 0 Å². The van der Waals surface area contributed by atoms with E-state index in [1.165, 1.54) is 0 Å². The predicted octanol–water partition coefficient (Wildman–Crippen LogP) is 4.16. The molecule has 6 heteroatoms. The average Bonchev–Trinajstić information content (AvgIpc) is 2.88. The van der Waals surface area contributed by atoms with Crippen LogP contribution >= 0.6 is 0 Å². The number of hydrogen-bond acceptors (Lipinski definition) is 4. The summed E-state index contributed by atoms with van der Waals surface area (Å²) in [6.45, 7) is 1.07. The smallest absolute Gasteiger partial charge is 0.247 e. The first-order chi connectivity index (χ1) is 16.6. The third kappa shape index (κ3) is 7.18. The summed E-state index contributed by atoms with van der Waals surface area (Å²) in [7, 11) is 3.20. The summed E-state index contributed by atoms with van der Waals surface area (Å²) in [5.74, 6) is 0.419. The average molecular weight is 461 g/mol. The highest BCUT2D eigenvalue weighted by atomic mass is 16.5. The number of amides is 2. The molecule has 0 radical (unpaired) electrons. The fraction of sp³-hybridized carbons (Fsp3) is 0.286. The number of hydrogen-bond donors (Lipinski definition) is 1. The van der Waals surface area contributed by atoms with Gasteiger partial charge in [-0.3, -0.25) is 9.59 Å². The molecule has 0 aliphatic carbocycles. The predicted molar refractivity (Wildman–Crippen MR) is 132 cm³/mol.